The smallest absolute Gasteiger partial charge is 0.282 e. The van der Waals surface area contributed by atoms with Crippen LogP contribution >= 0.6 is 15.9 Å². The van der Waals surface area contributed by atoms with Crippen molar-refractivity contribution in [2.45, 2.75) is 0 Å². The van der Waals surface area contributed by atoms with Gasteiger partial charge in [0.1, 0.15) is 4.47 Å². The van der Waals surface area contributed by atoms with Crippen LogP contribution in [0.3, 0.4) is 0 Å². The van der Waals surface area contributed by atoms with Crippen molar-refractivity contribution < 1.29 is 9.47 Å². The predicted molar refractivity (Wildman–Crippen MR) is 68.4 cm³/mol. The molecule has 0 saturated heterocycles. The molecule has 0 aliphatic rings. The van der Waals surface area contributed by atoms with Crippen molar-refractivity contribution in [1.82, 2.24) is 9.78 Å². The SMILES string of the molecule is COCCOCCNc1cnn(C)c(=O)c1Br. The fourth-order valence-corrected chi connectivity index (χ4v) is 1.64. The molecule has 1 heterocycles. The van der Waals surface area contributed by atoms with Gasteiger partial charge in [-0.1, -0.05) is 0 Å². The van der Waals surface area contributed by atoms with Gasteiger partial charge in [-0.2, -0.15) is 5.10 Å². The monoisotopic (exact) mass is 305 g/mol. The minimum Gasteiger partial charge on any atom is -0.382 e. The molecule has 0 aliphatic carbocycles. The highest BCUT2D eigenvalue weighted by molar-refractivity contribution is 9.10. The molecule has 0 saturated carbocycles. The minimum atomic E-state index is -0.171. The molecule has 96 valence electrons. The molecule has 6 nitrogen and oxygen atoms in total. The summed E-state index contributed by atoms with van der Waals surface area (Å²) in [5, 5.41) is 6.99. The number of aromatic nitrogens is 2. The first-order valence-corrected chi connectivity index (χ1v) is 5.98. The van der Waals surface area contributed by atoms with E-state index in [-0.39, 0.29) is 5.56 Å². The Balaban J connectivity index is 2.37. The molecule has 1 rings (SSSR count). The van der Waals surface area contributed by atoms with E-state index in [4.69, 9.17) is 9.47 Å². The zero-order chi connectivity index (χ0) is 12.7. The minimum absolute atomic E-state index is 0.171. The van der Waals surface area contributed by atoms with Crippen LogP contribution < -0.4 is 10.9 Å². The van der Waals surface area contributed by atoms with Crippen molar-refractivity contribution in [2.75, 3.05) is 38.8 Å². The highest BCUT2D eigenvalue weighted by atomic mass is 79.9. The third-order valence-corrected chi connectivity index (χ3v) is 2.84. The first-order valence-electron chi connectivity index (χ1n) is 5.19. The molecule has 0 radical (unpaired) electrons. The van der Waals surface area contributed by atoms with Crippen molar-refractivity contribution >= 4 is 21.6 Å². The molecule has 0 atom stereocenters. The molecule has 0 fully saturated rings. The summed E-state index contributed by atoms with van der Waals surface area (Å²) in [6.45, 7) is 2.30. The molecule has 0 amide bonds. The topological polar surface area (TPSA) is 65.4 Å². The van der Waals surface area contributed by atoms with Gasteiger partial charge >= 0.3 is 0 Å². The maximum absolute atomic E-state index is 11.5. The van der Waals surface area contributed by atoms with E-state index < -0.39 is 0 Å². The van der Waals surface area contributed by atoms with Gasteiger partial charge in [0, 0.05) is 20.7 Å². The van der Waals surface area contributed by atoms with Crippen LogP contribution in [0.1, 0.15) is 0 Å². The quantitative estimate of drug-likeness (QED) is 0.748. The second-order valence-corrected chi connectivity index (χ2v) is 4.13. The standard InChI is InChI=1S/C10H16BrN3O3/c1-14-10(15)9(11)8(7-13-14)12-3-4-17-6-5-16-2/h7,12H,3-6H2,1-2H3. The van der Waals surface area contributed by atoms with Gasteiger partial charge in [-0.05, 0) is 15.9 Å². The number of nitrogens with one attached hydrogen (secondary N) is 1. The van der Waals surface area contributed by atoms with Crippen molar-refractivity contribution in [3.8, 4) is 0 Å². The van der Waals surface area contributed by atoms with Crippen LogP contribution in [0, 0.1) is 0 Å². The van der Waals surface area contributed by atoms with E-state index in [9.17, 15) is 4.79 Å². The average molecular weight is 306 g/mol. The van der Waals surface area contributed by atoms with Crippen LogP contribution in [0.15, 0.2) is 15.5 Å². The number of anilines is 1. The lowest BCUT2D eigenvalue weighted by Crippen LogP contribution is -2.22. The summed E-state index contributed by atoms with van der Waals surface area (Å²) in [5.41, 5.74) is 0.499. The molecular weight excluding hydrogens is 290 g/mol. The molecule has 1 aromatic heterocycles. The highest BCUT2D eigenvalue weighted by Gasteiger charge is 2.05. The van der Waals surface area contributed by atoms with Crippen molar-refractivity contribution in [2.24, 2.45) is 7.05 Å². The number of aryl methyl sites for hydroxylation is 1. The number of halogens is 1. The van der Waals surface area contributed by atoms with E-state index in [1.165, 1.54) is 4.68 Å². The van der Waals surface area contributed by atoms with Crippen LogP contribution in [0.2, 0.25) is 0 Å². The lowest BCUT2D eigenvalue weighted by Gasteiger charge is -2.08. The molecule has 17 heavy (non-hydrogen) atoms. The van der Waals surface area contributed by atoms with Gasteiger partial charge in [0.05, 0.1) is 31.7 Å². The predicted octanol–water partition coefficient (Wildman–Crippen LogP) is 0.618. The summed E-state index contributed by atoms with van der Waals surface area (Å²) in [4.78, 5) is 11.5. The number of hydrogen-bond acceptors (Lipinski definition) is 5. The van der Waals surface area contributed by atoms with Gasteiger partial charge in [-0.3, -0.25) is 4.79 Å². The normalized spacial score (nSPS) is 10.5. The molecule has 1 N–H and O–H groups in total. The first-order chi connectivity index (χ1) is 8.16. The van der Waals surface area contributed by atoms with Crippen LogP contribution in [-0.4, -0.2) is 43.3 Å². The molecule has 0 aliphatic heterocycles. The Kier molecular flexibility index (Phi) is 6.17. The summed E-state index contributed by atoms with van der Waals surface area (Å²) in [7, 11) is 3.23. The second kappa shape index (κ2) is 7.41. The lowest BCUT2D eigenvalue weighted by molar-refractivity contribution is 0.0759. The van der Waals surface area contributed by atoms with Crippen LogP contribution in [0.25, 0.3) is 0 Å². The summed E-state index contributed by atoms with van der Waals surface area (Å²) < 4.78 is 11.9. The molecule has 0 spiro atoms. The molecule has 7 heteroatoms. The molecule has 0 bridgehead atoms. The fraction of sp³-hybridized carbons (Fsp3) is 0.600. The second-order valence-electron chi connectivity index (χ2n) is 3.33. The van der Waals surface area contributed by atoms with Gasteiger partial charge in [-0.25, -0.2) is 4.68 Å². The van der Waals surface area contributed by atoms with Crippen molar-refractivity contribution in [3.05, 3.63) is 21.0 Å². The van der Waals surface area contributed by atoms with E-state index in [0.717, 1.165) is 0 Å². The molecule has 0 aromatic carbocycles. The largest absolute Gasteiger partial charge is 0.382 e. The average Bonchev–Trinajstić information content (AvgIpc) is 2.33. The van der Waals surface area contributed by atoms with Crippen LogP contribution in [0.5, 0.6) is 0 Å². The highest BCUT2D eigenvalue weighted by Crippen LogP contribution is 2.15. The van der Waals surface area contributed by atoms with E-state index in [1.54, 1.807) is 20.4 Å². The number of rotatable bonds is 7. The Morgan fingerprint density at radius 3 is 2.94 bits per heavy atom. The third-order valence-electron chi connectivity index (χ3n) is 2.07. The Hall–Kier alpha value is -0.920. The van der Waals surface area contributed by atoms with E-state index in [2.05, 4.69) is 26.3 Å². The van der Waals surface area contributed by atoms with Gasteiger partial charge in [0.25, 0.3) is 5.56 Å². The number of hydrogen-bond donors (Lipinski definition) is 1. The fourth-order valence-electron chi connectivity index (χ4n) is 1.14. The Labute approximate surface area is 108 Å². The van der Waals surface area contributed by atoms with Crippen LogP contribution in [0.4, 0.5) is 5.69 Å². The van der Waals surface area contributed by atoms with Gasteiger partial charge in [0.15, 0.2) is 0 Å². The van der Waals surface area contributed by atoms with Crippen LogP contribution in [-0.2, 0) is 16.5 Å². The number of nitrogens with zero attached hydrogens (tertiary/aromatic N) is 2. The summed E-state index contributed by atoms with van der Waals surface area (Å²) in [6, 6.07) is 0. The van der Waals surface area contributed by atoms with E-state index in [0.29, 0.717) is 36.5 Å². The molecular formula is C10H16BrN3O3. The van der Waals surface area contributed by atoms with E-state index in [1.807, 2.05) is 0 Å². The Morgan fingerprint density at radius 2 is 2.24 bits per heavy atom. The summed E-state index contributed by atoms with van der Waals surface area (Å²) >= 11 is 3.23. The number of methoxy groups -OCH3 is 1. The van der Waals surface area contributed by atoms with Crippen molar-refractivity contribution in [1.29, 1.82) is 0 Å². The lowest BCUT2D eigenvalue weighted by atomic mass is 10.4. The first kappa shape index (κ1) is 14.1. The van der Waals surface area contributed by atoms with E-state index >= 15 is 0 Å². The summed E-state index contributed by atoms with van der Waals surface area (Å²) in [5.74, 6) is 0. The maximum atomic E-state index is 11.5. The number of ether oxygens (including phenoxy) is 2. The Bertz CT molecular complexity index is 408. The zero-order valence-electron chi connectivity index (χ0n) is 9.90. The Morgan fingerprint density at radius 1 is 1.47 bits per heavy atom. The molecule has 0 unspecified atom stereocenters. The van der Waals surface area contributed by atoms with Gasteiger partial charge < -0.3 is 14.8 Å². The zero-order valence-corrected chi connectivity index (χ0v) is 11.5. The van der Waals surface area contributed by atoms with Crippen molar-refractivity contribution in [3.63, 3.8) is 0 Å². The van der Waals surface area contributed by atoms with Gasteiger partial charge in [0.2, 0.25) is 0 Å². The third kappa shape index (κ3) is 4.45. The summed E-state index contributed by atoms with van der Waals surface area (Å²) in [6.07, 6.45) is 1.60. The maximum Gasteiger partial charge on any atom is 0.282 e. The molecule has 1 aromatic rings. The van der Waals surface area contributed by atoms with Gasteiger partial charge in [-0.15, -0.1) is 0 Å².